The number of hydrogen-bond donors (Lipinski definition) is 0. The second-order valence-corrected chi connectivity index (χ2v) is 3.35. The van der Waals surface area contributed by atoms with Crippen LogP contribution in [0.25, 0.3) is 0 Å². The maximum atomic E-state index is 13.2. The standard InChI is InChI=1S/C9H7ClFNO/c10-6-1-2-7(8(11)5-6)9(13)12-3-4-12/h1-2,5H,3-4H2. The SMILES string of the molecule is O=C(c1ccc(Cl)cc1F)N1CC1. The third-order valence-corrected chi connectivity index (χ3v) is 2.13. The predicted molar refractivity (Wildman–Crippen MR) is 47.3 cm³/mol. The van der Waals surface area contributed by atoms with E-state index in [-0.39, 0.29) is 11.5 Å². The minimum absolute atomic E-state index is 0.0990. The first-order valence-electron chi connectivity index (χ1n) is 3.93. The van der Waals surface area contributed by atoms with Crippen molar-refractivity contribution in [2.45, 2.75) is 0 Å². The summed E-state index contributed by atoms with van der Waals surface area (Å²) in [5.41, 5.74) is 0.0990. The molecule has 0 radical (unpaired) electrons. The monoisotopic (exact) mass is 199 g/mol. The molecule has 68 valence electrons. The zero-order valence-corrected chi connectivity index (χ0v) is 7.51. The highest BCUT2D eigenvalue weighted by Crippen LogP contribution is 2.18. The Morgan fingerprint density at radius 2 is 2.15 bits per heavy atom. The zero-order valence-electron chi connectivity index (χ0n) is 6.76. The van der Waals surface area contributed by atoms with E-state index in [1.54, 1.807) is 4.90 Å². The van der Waals surface area contributed by atoms with Crippen LogP contribution in [0.5, 0.6) is 0 Å². The van der Waals surface area contributed by atoms with Crippen molar-refractivity contribution in [2.75, 3.05) is 13.1 Å². The summed E-state index contributed by atoms with van der Waals surface area (Å²) in [6.45, 7) is 1.45. The lowest BCUT2D eigenvalue weighted by Crippen LogP contribution is -2.12. The third kappa shape index (κ3) is 1.65. The number of rotatable bonds is 1. The van der Waals surface area contributed by atoms with Crippen molar-refractivity contribution >= 4 is 17.5 Å². The number of carbonyl (C=O) groups excluding carboxylic acids is 1. The minimum Gasteiger partial charge on any atom is -0.335 e. The molecule has 1 aliphatic heterocycles. The molecule has 0 spiro atoms. The summed E-state index contributed by atoms with van der Waals surface area (Å²) in [7, 11) is 0. The van der Waals surface area contributed by atoms with Gasteiger partial charge in [0.1, 0.15) is 5.82 Å². The van der Waals surface area contributed by atoms with E-state index in [0.717, 1.165) is 19.2 Å². The van der Waals surface area contributed by atoms with E-state index < -0.39 is 5.82 Å². The molecule has 1 heterocycles. The predicted octanol–water partition coefficient (Wildman–Crippen LogP) is 1.93. The normalized spacial score (nSPS) is 14.5. The van der Waals surface area contributed by atoms with Crippen LogP contribution in [0.1, 0.15) is 10.4 Å². The number of carbonyl (C=O) groups is 1. The van der Waals surface area contributed by atoms with Gasteiger partial charge in [0.15, 0.2) is 0 Å². The maximum Gasteiger partial charge on any atom is 0.256 e. The Bertz CT molecular complexity index is 363. The molecule has 0 saturated carbocycles. The van der Waals surface area contributed by atoms with Gasteiger partial charge in [0, 0.05) is 18.1 Å². The largest absolute Gasteiger partial charge is 0.335 e. The van der Waals surface area contributed by atoms with E-state index in [2.05, 4.69) is 0 Å². The smallest absolute Gasteiger partial charge is 0.256 e. The van der Waals surface area contributed by atoms with Crippen LogP contribution in [-0.4, -0.2) is 23.9 Å². The summed E-state index contributed by atoms with van der Waals surface area (Å²) in [4.78, 5) is 12.9. The van der Waals surface area contributed by atoms with Gasteiger partial charge in [-0.15, -0.1) is 0 Å². The Labute approximate surface area is 79.9 Å². The van der Waals surface area contributed by atoms with Gasteiger partial charge in [-0.05, 0) is 18.2 Å². The van der Waals surface area contributed by atoms with Crippen molar-refractivity contribution < 1.29 is 9.18 Å². The van der Waals surface area contributed by atoms with Crippen LogP contribution in [0.4, 0.5) is 4.39 Å². The summed E-state index contributed by atoms with van der Waals surface area (Å²) in [6.07, 6.45) is 0. The number of hydrogen-bond acceptors (Lipinski definition) is 1. The zero-order chi connectivity index (χ0) is 9.42. The van der Waals surface area contributed by atoms with Gasteiger partial charge >= 0.3 is 0 Å². The maximum absolute atomic E-state index is 13.2. The molecule has 0 unspecified atom stereocenters. The van der Waals surface area contributed by atoms with Crippen molar-refractivity contribution in [1.82, 2.24) is 4.90 Å². The summed E-state index contributed by atoms with van der Waals surface area (Å²) in [5.74, 6) is -0.807. The van der Waals surface area contributed by atoms with Crippen LogP contribution in [-0.2, 0) is 0 Å². The first kappa shape index (κ1) is 8.51. The van der Waals surface area contributed by atoms with Crippen molar-refractivity contribution in [1.29, 1.82) is 0 Å². The molecule has 13 heavy (non-hydrogen) atoms. The van der Waals surface area contributed by atoms with Crippen molar-refractivity contribution in [3.05, 3.63) is 34.6 Å². The molecule has 1 fully saturated rings. The fourth-order valence-corrected chi connectivity index (χ4v) is 1.25. The van der Waals surface area contributed by atoms with Crippen molar-refractivity contribution in [3.8, 4) is 0 Å². The Morgan fingerprint density at radius 1 is 1.46 bits per heavy atom. The van der Waals surface area contributed by atoms with Gasteiger partial charge < -0.3 is 4.90 Å². The average molecular weight is 200 g/mol. The van der Waals surface area contributed by atoms with E-state index in [4.69, 9.17) is 11.6 Å². The fraction of sp³-hybridized carbons (Fsp3) is 0.222. The van der Waals surface area contributed by atoms with E-state index in [1.165, 1.54) is 12.1 Å². The van der Waals surface area contributed by atoms with Gasteiger partial charge in [-0.1, -0.05) is 11.6 Å². The highest BCUT2D eigenvalue weighted by molar-refractivity contribution is 6.30. The van der Waals surface area contributed by atoms with Crippen molar-refractivity contribution in [2.24, 2.45) is 0 Å². The molecule has 0 bridgehead atoms. The molecule has 0 atom stereocenters. The van der Waals surface area contributed by atoms with Gasteiger partial charge in [0.25, 0.3) is 5.91 Å². The lowest BCUT2D eigenvalue weighted by Gasteiger charge is -2.02. The molecule has 0 aromatic heterocycles. The van der Waals surface area contributed by atoms with Gasteiger partial charge in [-0.2, -0.15) is 0 Å². The average Bonchev–Trinajstić information content (AvgIpc) is 2.85. The molecule has 0 N–H and O–H groups in total. The van der Waals surface area contributed by atoms with E-state index in [9.17, 15) is 9.18 Å². The molecule has 1 aromatic carbocycles. The lowest BCUT2D eigenvalue weighted by molar-refractivity contribution is 0.0881. The highest BCUT2D eigenvalue weighted by atomic mass is 35.5. The summed E-state index contributed by atoms with van der Waals surface area (Å²) in [6, 6.07) is 4.08. The van der Waals surface area contributed by atoms with E-state index in [0.29, 0.717) is 5.02 Å². The number of amides is 1. The summed E-state index contributed by atoms with van der Waals surface area (Å²) < 4.78 is 13.2. The minimum atomic E-state index is -0.551. The van der Waals surface area contributed by atoms with Crippen LogP contribution in [0.3, 0.4) is 0 Å². The second-order valence-electron chi connectivity index (χ2n) is 2.92. The van der Waals surface area contributed by atoms with Crippen LogP contribution >= 0.6 is 11.6 Å². The lowest BCUT2D eigenvalue weighted by atomic mass is 10.2. The molecule has 2 nitrogen and oxygen atoms in total. The van der Waals surface area contributed by atoms with Gasteiger partial charge in [-0.25, -0.2) is 4.39 Å². The highest BCUT2D eigenvalue weighted by Gasteiger charge is 2.27. The molecule has 1 aliphatic rings. The molecule has 1 saturated heterocycles. The first-order chi connectivity index (χ1) is 6.18. The fourth-order valence-electron chi connectivity index (χ4n) is 1.09. The molecular weight excluding hydrogens is 193 g/mol. The van der Waals surface area contributed by atoms with Gasteiger partial charge in [0.2, 0.25) is 0 Å². The molecular formula is C9H7ClFNO. The molecule has 0 aliphatic carbocycles. The van der Waals surface area contributed by atoms with Crippen molar-refractivity contribution in [3.63, 3.8) is 0 Å². The number of halogens is 2. The van der Waals surface area contributed by atoms with E-state index >= 15 is 0 Å². The quantitative estimate of drug-likeness (QED) is 0.633. The molecule has 2 rings (SSSR count). The molecule has 1 amide bonds. The van der Waals surface area contributed by atoms with Crippen LogP contribution in [0, 0.1) is 5.82 Å². The molecule has 4 heteroatoms. The Hall–Kier alpha value is -1.09. The number of nitrogens with zero attached hydrogens (tertiary/aromatic N) is 1. The Morgan fingerprint density at radius 3 is 2.69 bits per heavy atom. The Balaban J connectivity index is 2.33. The Kier molecular flexibility index (Phi) is 1.96. The second kappa shape index (κ2) is 3.00. The van der Waals surface area contributed by atoms with Gasteiger partial charge in [0.05, 0.1) is 5.56 Å². The third-order valence-electron chi connectivity index (χ3n) is 1.90. The topological polar surface area (TPSA) is 20.1 Å². The number of benzene rings is 1. The van der Waals surface area contributed by atoms with Gasteiger partial charge in [-0.3, -0.25) is 4.79 Å². The van der Waals surface area contributed by atoms with Crippen LogP contribution in [0.2, 0.25) is 5.02 Å². The summed E-state index contributed by atoms with van der Waals surface area (Å²) in [5, 5.41) is 0.305. The van der Waals surface area contributed by atoms with Crippen LogP contribution in [0.15, 0.2) is 18.2 Å². The first-order valence-corrected chi connectivity index (χ1v) is 4.30. The summed E-state index contributed by atoms with van der Waals surface area (Å²) >= 11 is 5.55. The molecule has 1 aromatic rings. The van der Waals surface area contributed by atoms with Crippen LogP contribution < -0.4 is 0 Å². The van der Waals surface area contributed by atoms with E-state index in [1.807, 2.05) is 0 Å².